The van der Waals surface area contributed by atoms with Gasteiger partial charge in [0.2, 0.25) is 0 Å². The van der Waals surface area contributed by atoms with Gasteiger partial charge in [-0.15, -0.1) is 11.3 Å². The topological polar surface area (TPSA) is 40.5 Å². The van der Waals surface area contributed by atoms with E-state index in [1.54, 1.807) is 0 Å². The molecule has 1 N–H and O–H groups in total. The van der Waals surface area contributed by atoms with Crippen LogP contribution in [0.5, 0.6) is 0 Å². The molecule has 0 aromatic carbocycles. The van der Waals surface area contributed by atoms with Crippen LogP contribution in [0.2, 0.25) is 0 Å². The van der Waals surface area contributed by atoms with E-state index in [4.69, 9.17) is 5.11 Å². The van der Waals surface area contributed by atoms with Crippen molar-refractivity contribution >= 4 is 17.3 Å². The summed E-state index contributed by atoms with van der Waals surface area (Å²) in [7, 11) is 0. The van der Waals surface area contributed by atoms with Crippen LogP contribution >= 0.6 is 11.3 Å². The van der Waals surface area contributed by atoms with E-state index in [1.165, 1.54) is 29.7 Å². The lowest BCUT2D eigenvalue weighted by Gasteiger charge is -2.36. The quantitative estimate of drug-likeness (QED) is 0.912. The first-order valence-electron chi connectivity index (χ1n) is 6.54. The van der Waals surface area contributed by atoms with Crippen molar-refractivity contribution in [1.82, 2.24) is 4.90 Å². The number of rotatable bonds is 3. The molecule has 18 heavy (non-hydrogen) atoms. The maximum absolute atomic E-state index is 11.0. The minimum absolute atomic E-state index is 0.459. The van der Waals surface area contributed by atoms with Crippen molar-refractivity contribution in [3.8, 4) is 0 Å². The highest BCUT2D eigenvalue weighted by molar-refractivity contribution is 7.14. The first kappa shape index (κ1) is 13.6. The molecular formula is C14H21NO2S. The molecule has 0 radical (unpaired) electrons. The van der Waals surface area contributed by atoms with Gasteiger partial charge in [0, 0.05) is 24.0 Å². The summed E-state index contributed by atoms with van der Waals surface area (Å²) in [6, 6.07) is 2.45. The van der Waals surface area contributed by atoms with Gasteiger partial charge < -0.3 is 5.11 Å². The molecule has 2 unspecified atom stereocenters. The molecule has 2 atom stereocenters. The highest BCUT2D eigenvalue weighted by atomic mass is 32.1. The lowest BCUT2D eigenvalue weighted by atomic mass is 9.94. The zero-order valence-electron chi connectivity index (χ0n) is 11.3. The maximum atomic E-state index is 11.0. The molecule has 1 aliphatic rings. The van der Waals surface area contributed by atoms with Crippen molar-refractivity contribution in [2.24, 2.45) is 5.92 Å². The summed E-state index contributed by atoms with van der Waals surface area (Å²) >= 11 is 1.39. The zero-order chi connectivity index (χ0) is 13.3. The van der Waals surface area contributed by atoms with Crippen molar-refractivity contribution < 1.29 is 9.90 Å². The minimum atomic E-state index is -0.811. The summed E-state index contributed by atoms with van der Waals surface area (Å²) < 4.78 is 0. The number of piperidine rings is 1. The Morgan fingerprint density at radius 2 is 2.22 bits per heavy atom. The summed E-state index contributed by atoms with van der Waals surface area (Å²) in [6.45, 7) is 8.60. The molecule has 2 rings (SSSR count). The van der Waals surface area contributed by atoms with E-state index in [0.29, 0.717) is 10.9 Å². The third-order valence-corrected chi connectivity index (χ3v) is 4.93. The van der Waals surface area contributed by atoms with Crippen LogP contribution in [0, 0.1) is 12.8 Å². The predicted octanol–water partition coefficient (Wildman–Crippen LogP) is 3.38. The Hall–Kier alpha value is -0.870. The molecule has 0 saturated carbocycles. The normalized spacial score (nSPS) is 25.3. The van der Waals surface area contributed by atoms with Gasteiger partial charge in [-0.2, -0.15) is 0 Å². The van der Waals surface area contributed by atoms with Crippen LogP contribution in [0.4, 0.5) is 0 Å². The van der Waals surface area contributed by atoms with Gasteiger partial charge >= 0.3 is 5.97 Å². The van der Waals surface area contributed by atoms with Gasteiger partial charge in [0.15, 0.2) is 0 Å². The molecule has 3 nitrogen and oxygen atoms in total. The predicted molar refractivity (Wildman–Crippen MR) is 74.3 cm³/mol. The molecule has 1 fully saturated rings. The molecule has 0 spiro atoms. The first-order valence-corrected chi connectivity index (χ1v) is 7.35. The fourth-order valence-electron chi connectivity index (χ4n) is 2.60. The number of carboxylic acids is 1. The van der Waals surface area contributed by atoms with E-state index in [-0.39, 0.29) is 0 Å². The molecule has 2 heterocycles. The fourth-order valence-corrected chi connectivity index (χ4v) is 3.47. The average Bonchev–Trinajstić information content (AvgIpc) is 2.66. The van der Waals surface area contributed by atoms with Crippen LogP contribution in [-0.4, -0.2) is 28.6 Å². The van der Waals surface area contributed by atoms with E-state index in [9.17, 15) is 4.79 Å². The SMILES string of the molecule is Cc1sc(C(=O)O)cc1CN1CC(C)CCC1C. The van der Waals surface area contributed by atoms with Gasteiger partial charge in [0.25, 0.3) is 0 Å². The zero-order valence-corrected chi connectivity index (χ0v) is 12.1. The van der Waals surface area contributed by atoms with E-state index >= 15 is 0 Å². The molecule has 0 bridgehead atoms. The molecule has 100 valence electrons. The van der Waals surface area contributed by atoms with Gasteiger partial charge in [0.1, 0.15) is 4.88 Å². The second-order valence-corrected chi connectivity index (χ2v) is 6.71. The first-order chi connectivity index (χ1) is 8.47. The Labute approximate surface area is 112 Å². The molecule has 0 aliphatic carbocycles. The van der Waals surface area contributed by atoms with E-state index in [0.717, 1.165) is 23.9 Å². The van der Waals surface area contributed by atoms with Crippen molar-refractivity contribution in [3.63, 3.8) is 0 Å². The lowest BCUT2D eigenvalue weighted by molar-refractivity contribution is 0.0702. The number of thiophene rings is 1. The van der Waals surface area contributed by atoms with Crippen molar-refractivity contribution in [2.75, 3.05) is 6.54 Å². The molecular weight excluding hydrogens is 246 g/mol. The van der Waals surface area contributed by atoms with Crippen LogP contribution in [0.15, 0.2) is 6.07 Å². The third kappa shape index (κ3) is 2.93. The van der Waals surface area contributed by atoms with Gasteiger partial charge in [0.05, 0.1) is 0 Å². The van der Waals surface area contributed by atoms with Crippen LogP contribution in [0.3, 0.4) is 0 Å². The second kappa shape index (κ2) is 5.41. The molecule has 1 aliphatic heterocycles. The summed E-state index contributed by atoms with van der Waals surface area (Å²) in [4.78, 5) is 15.0. The van der Waals surface area contributed by atoms with E-state index in [1.807, 2.05) is 13.0 Å². The molecule has 1 aromatic heterocycles. The van der Waals surface area contributed by atoms with Crippen LogP contribution in [0.25, 0.3) is 0 Å². The molecule has 0 amide bonds. The fraction of sp³-hybridized carbons (Fsp3) is 0.643. The van der Waals surface area contributed by atoms with Crippen LogP contribution in [0.1, 0.15) is 46.8 Å². The van der Waals surface area contributed by atoms with Gasteiger partial charge in [-0.05, 0) is 44.2 Å². The number of carbonyl (C=O) groups is 1. The highest BCUT2D eigenvalue weighted by Crippen LogP contribution is 2.27. The Morgan fingerprint density at radius 1 is 1.50 bits per heavy atom. The monoisotopic (exact) mass is 267 g/mol. The Balaban J connectivity index is 2.10. The summed E-state index contributed by atoms with van der Waals surface area (Å²) in [5.41, 5.74) is 1.18. The third-order valence-electron chi connectivity index (χ3n) is 3.85. The highest BCUT2D eigenvalue weighted by Gasteiger charge is 2.24. The Bertz CT molecular complexity index is 441. The number of nitrogens with zero attached hydrogens (tertiary/aromatic N) is 1. The van der Waals surface area contributed by atoms with Gasteiger partial charge in [-0.3, -0.25) is 4.90 Å². The minimum Gasteiger partial charge on any atom is -0.477 e. The van der Waals surface area contributed by atoms with Gasteiger partial charge in [-0.1, -0.05) is 6.92 Å². The van der Waals surface area contributed by atoms with E-state index < -0.39 is 5.97 Å². The second-order valence-electron chi connectivity index (χ2n) is 5.46. The Morgan fingerprint density at radius 3 is 2.83 bits per heavy atom. The molecule has 1 saturated heterocycles. The lowest BCUT2D eigenvalue weighted by Crippen LogP contribution is -2.40. The average molecular weight is 267 g/mol. The summed E-state index contributed by atoms with van der Waals surface area (Å²) in [5.74, 6) is -0.0616. The van der Waals surface area contributed by atoms with Crippen LogP contribution in [-0.2, 0) is 6.54 Å². The van der Waals surface area contributed by atoms with Crippen LogP contribution < -0.4 is 0 Å². The summed E-state index contributed by atoms with van der Waals surface area (Å²) in [5, 5.41) is 9.02. The number of carboxylic acid groups (broad SMARTS) is 1. The molecule has 4 heteroatoms. The molecule has 1 aromatic rings. The van der Waals surface area contributed by atoms with E-state index in [2.05, 4.69) is 18.7 Å². The van der Waals surface area contributed by atoms with Gasteiger partial charge in [-0.25, -0.2) is 4.79 Å². The van der Waals surface area contributed by atoms with Crippen molar-refractivity contribution in [3.05, 3.63) is 21.4 Å². The largest absolute Gasteiger partial charge is 0.477 e. The van der Waals surface area contributed by atoms with Crippen molar-refractivity contribution in [1.29, 1.82) is 0 Å². The number of likely N-dealkylation sites (tertiary alicyclic amines) is 1. The Kier molecular flexibility index (Phi) is 4.07. The van der Waals surface area contributed by atoms with Crippen molar-refractivity contribution in [2.45, 2.75) is 46.2 Å². The number of aromatic carboxylic acids is 1. The number of aryl methyl sites for hydroxylation is 1. The number of hydrogen-bond donors (Lipinski definition) is 1. The standard InChI is InChI=1S/C14H21NO2S/c1-9-4-5-10(2)15(7-9)8-12-6-13(14(16)17)18-11(12)3/h6,9-10H,4-5,7-8H2,1-3H3,(H,16,17). The maximum Gasteiger partial charge on any atom is 0.345 e. The number of hydrogen-bond acceptors (Lipinski definition) is 3. The summed E-state index contributed by atoms with van der Waals surface area (Å²) in [6.07, 6.45) is 2.55. The smallest absolute Gasteiger partial charge is 0.345 e.